The molecule has 0 radical (unpaired) electrons. The summed E-state index contributed by atoms with van der Waals surface area (Å²) < 4.78 is 5.29. The van der Waals surface area contributed by atoms with E-state index in [1.807, 2.05) is 25.1 Å². The van der Waals surface area contributed by atoms with Gasteiger partial charge in [0.25, 0.3) is 0 Å². The minimum atomic E-state index is 0.0972. The Morgan fingerprint density at radius 1 is 1.47 bits per heavy atom. The van der Waals surface area contributed by atoms with Gasteiger partial charge >= 0.3 is 0 Å². The van der Waals surface area contributed by atoms with Crippen molar-refractivity contribution in [1.29, 1.82) is 0 Å². The fraction of sp³-hybridized carbons (Fsp3) is 0.385. The first-order valence-electron chi connectivity index (χ1n) is 5.07. The number of hydrogen-bond acceptors (Lipinski definition) is 2. The van der Waals surface area contributed by atoms with Crippen LogP contribution in [0.2, 0.25) is 0 Å². The average molecular weight is 206 g/mol. The van der Waals surface area contributed by atoms with Gasteiger partial charge in [-0.05, 0) is 31.9 Å². The number of methoxy groups -OCH3 is 1. The zero-order chi connectivity index (χ0) is 11.3. The molecule has 0 spiro atoms. The summed E-state index contributed by atoms with van der Waals surface area (Å²) in [5.74, 6) is 0.909. The van der Waals surface area contributed by atoms with Gasteiger partial charge in [0.2, 0.25) is 0 Å². The van der Waals surface area contributed by atoms with E-state index < -0.39 is 0 Å². The van der Waals surface area contributed by atoms with Crippen LogP contribution in [0.4, 0.5) is 0 Å². The highest BCUT2D eigenvalue weighted by Gasteiger charge is 2.03. The van der Waals surface area contributed by atoms with Crippen molar-refractivity contribution in [2.75, 3.05) is 13.7 Å². The molecule has 0 atom stereocenters. The molecule has 0 heterocycles. The average Bonchev–Trinajstić information content (AvgIpc) is 2.18. The number of hydrogen-bond donors (Lipinski definition) is 1. The van der Waals surface area contributed by atoms with Crippen LogP contribution in [-0.2, 0) is 6.42 Å². The maximum atomic E-state index is 8.79. The minimum absolute atomic E-state index is 0.0972. The molecule has 1 aromatic rings. The Morgan fingerprint density at radius 2 is 2.20 bits per heavy atom. The molecule has 0 aliphatic heterocycles. The Kier molecular flexibility index (Phi) is 4.37. The van der Waals surface area contributed by atoms with E-state index in [0.717, 1.165) is 17.7 Å². The summed E-state index contributed by atoms with van der Waals surface area (Å²) in [7, 11) is 1.68. The smallest absolute Gasteiger partial charge is 0.122 e. The largest absolute Gasteiger partial charge is 0.496 e. The maximum absolute atomic E-state index is 8.79. The van der Waals surface area contributed by atoms with E-state index in [1.165, 1.54) is 11.1 Å². The van der Waals surface area contributed by atoms with Crippen LogP contribution in [0, 0.1) is 6.92 Å². The van der Waals surface area contributed by atoms with Crippen molar-refractivity contribution in [3.63, 3.8) is 0 Å². The monoisotopic (exact) mass is 206 g/mol. The number of aryl methyl sites for hydroxylation is 1. The Bertz CT molecular complexity index is 354. The van der Waals surface area contributed by atoms with Crippen LogP contribution < -0.4 is 4.74 Å². The van der Waals surface area contributed by atoms with Gasteiger partial charge in [-0.2, -0.15) is 0 Å². The number of aliphatic hydroxyl groups excluding tert-OH is 1. The van der Waals surface area contributed by atoms with Gasteiger partial charge in [0.05, 0.1) is 13.7 Å². The highest BCUT2D eigenvalue weighted by molar-refractivity contribution is 5.39. The standard InChI is InChI=1S/C13H18O2/c1-10-4-5-13(15-3)12(8-10)9-11(2)6-7-14/h4-6,8,14H,7,9H2,1-3H3/b11-6-. The SMILES string of the molecule is COc1ccc(C)cc1C/C(C)=C\CO. The first-order valence-corrected chi connectivity index (χ1v) is 5.07. The Balaban J connectivity index is 2.92. The van der Waals surface area contributed by atoms with Crippen LogP contribution in [-0.4, -0.2) is 18.8 Å². The highest BCUT2D eigenvalue weighted by atomic mass is 16.5. The summed E-state index contributed by atoms with van der Waals surface area (Å²) in [6.45, 7) is 4.17. The molecule has 0 aliphatic rings. The molecule has 2 nitrogen and oxygen atoms in total. The third-order valence-electron chi connectivity index (χ3n) is 2.34. The molecule has 15 heavy (non-hydrogen) atoms. The van der Waals surface area contributed by atoms with Gasteiger partial charge in [-0.3, -0.25) is 0 Å². The zero-order valence-electron chi connectivity index (χ0n) is 9.58. The Labute approximate surface area is 91.2 Å². The molecule has 1 rings (SSSR count). The second kappa shape index (κ2) is 5.56. The maximum Gasteiger partial charge on any atom is 0.122 e. The van der Waals surface area contributed by atoms with E-state index >= 15 is 0 Å². The number of aliphatic hydroxyl groups is 1. The third-order valence-corrected chi connectivity index (χ3v) is 2.34. The lowest BCUT2D eigenvalue weighted by atomic mass is 10.0. The first-order chi connectivity index (χ1) is 7.17. The molecule has 0 amide bonds. The second-order valence-electron chi connectivity index (χ2n) is 3.73. The lowest BCUT2D eigenvalue weighted by Gasteiger charge is -2.09. The molecule has 0 unspecified atom stereocenters. The highest BCUT2D eigenvalue weighted by Crippen LogP contribution is 2.22. The second-order valence-corrected chi connectivity index (χ2v) is 3.73. The van der Waals surface area contributed by atoms with Gasteiger partial charge in [0, 0.05) is 0 Å². The van der Waals surface area contributed by atoms with Crippen molar-refractivity contribution in [3.8, 4) is 5.75 Å². The number of ether oxygens (including phenoxy) is 1. The Morgan fingerprint density at radius 3 is 2.80 bits per heavy atom. The van der Waals surface area contributed by atoms with Gasteiger partial charge in [-0.1, -0.05) is 29.3 Å². The van der Waals surface area contributed by atoms with E-state index in [-0.39, 0.29) is 6.61 Å². The fourth-order valence-corrected chi connectivity index (χ4v) is 1.57. The lowest BCUT2D eigenvalue weighted by molar-refractivity contribution is 0.341. The van der Waals surface area contributed by atoms with Crippen LogP contribution in [0.25, 0.3) is 0 Å². The van der Waals surface area contributed by atoms with Gasteiger partial charge in [0.15, 0.2) is 0 Å². The topological polar surface area (TPSA) is 29.5 Å². The molecule has 2 heteroatoms. The number of benzene rings is 1. The van der Waals surface area contributed by atoms with Crippen molar-refractivity contribution >= 4 is 0 Å². The quantitative estimate of drug-likeness (QED) is 0.767. The van der Waals surface area contributed by atoms with Crippen molar-refractivity contribution < 1.29 is 9.84 Å². The van der Waals surface area contributed by atoms with Crippen molar-refractivity contribution in [2.45, 2.75) is 20.3 Å². The van der Waals surface area contributed by atoms with Crippen LogP contribution >= 0.6 is 0 Å². The third kappa shape index (κ3) is 3.40. The Hall–Kier alpha value is -1.28. The normalized spacial score (nSPS) is 11.6. The summed E-state index contributed by atoms with van der Waals surface area (Å²) in [4.78, 5) is 0. The molecular weight excluding hydrogens is 188 g/mol. The van der Waals surface area contributed by atoms with E-state index in [9.17, 15) is 0 Å². The van der Waals surface area contributed by atoms with Crippen LogP contribution in [0.5, 0.6) is 5.75 Å². The number of rotatable bonds is 4. The van der Waals surface area contributed by atoms with E-state index in [1.54, 1.807) is 7.11 Å². The zero-order valence-corrected chi connectivity index (χ0v) is 9.58. The molecule has 82 valence electrons. The molecule has 1 N–H and O–H groups in total. The molecule has 0 bridgehead atoms. The minimum Gasteiger partial charge on any atom is -0.496 e. The molecular formula is C13H18O2. The predicted molar refractivity (Wildman–Crippen MR) is 62.3 cm³/mol. The van der Waals surface area contributed by atoms with Crippen LogP contribution in [0.3, 0.4) is 0 Å². The van der Waals surface area contributed by atoms with E-state index in [4.69, 9.17) is 9.84 Å². The predicted octanol–water partition coefficient (Wildman–Crippen LogP) is 2.48. The summed E-state index contributed by atoms with van der Waals surface area (Å²) in [6.07, 6.45) is 2.65. The molecule has 0 saturated heterocycles. The van der Waals surface area contributed by atoms with Gasteiger partial charge in [0.1, 0.15) is 5.75 Å². The summed E-state index contributed by atoms with van der Waals surface area (Å²) >= 11 is 0. The molecule has 1 aromatic carbocycles. The summed E-state index contributed by atoms with van der Waals surface area (Å²) in [5.41, 5.74) is 3.55. The fourth-order valence-electron chi connectivity index (χ4n) is 1.57. The number of allylic oxidation sites excluding steroid dienone is 1. The molecule has 0 saturated carbocycles. The lowest BCUT2D eigenvalue weighted by Crippen LogP contribution is -1.95. The first kappa shape index (κ1) is 11.8. The van der Waals surface area contributed by atoms with Crippen molar-refractivity contribution in [1.82, 2.24) is 0 Å². The molecule has 0 aromatic heterocycles. The van der Waals surface area contributed by atoms with Gasteiger partial charge in [-0.15, -0.1) is 0 Å². The van der Waals surface area contributed by atoms with Crippen LogP contribution in [0.1, 0.15) is 18.1 Å². The van der Waals surface area contributed by atoms with Crippen LogP contribution in [0.15, 0.2) is 29.8 Å². The van der Waals surface area contributed by atoms with Crippen molar-refractivity contribution in [3.05, 3.63) is 41.0 Å². The van der Waals surface area contributed by atoms with E-state index in [0.29, 0.717) is 0 Å². The molecule has 0 fully saturated rings. The van der Waals surface area contributed by atoms with Crippen molar-refractivity contribution in [2.24, 2.45) is 0 Å². The summed E-state index contributed by atoms with van der Waals surface area (Å²) in [6, 6.07) is 6.14. The van der Waals surface area contributed by atoms with Gasteiger partial charge in [-0.25, -0.2) is 0 Å². The molecule has 0 aliphatic carbocycles. The summed E-state index contributed by atoms with van der Waals surface area (Å²) in [5, 5.41) is 8.79. The van der Waals surface area contributed by atoms with Gasteiger partial charge < -0.3 is 9.84 Å². The van der Waals surface area contributed by atoms with E-state index in [2.05, 4.69) is 13.0 Å².